The molecule has 3 nitrogen and oxygen atoms in total. The monoisotopic (exact) mass is 254 g/mol. The van der Waals surface area contributed by atoms with E-state index in [-0.39, 0.29) is 0 Å². The summed E-state index contributed by atoms with van der Waals surface area (Å²) in [6.45, 7) is 11.6. The lowest BCUT2D eigenvalue weighted by Crippen LogP contribution is -2.44. The van der Waals surface area contributed by atoms with Crippen molar-refractivity contribution >= 4 is 0 Å². The summed E-state index contributed by atoms with van der Waals surface area (Å²) in [6.07, 6.45) is 5.23. The molecule has 1 N–H and O–H groups in total. The van der Waals surface area contributed by atoms with Crippen LogP contribution < -0.4 is 5.32 Å². The average molecular weight is 254 g/mol. The Morgan fingerprint density at radius 2 is 2.06 bits per heavy atom. The Kier molecular flexibility index (Phi) is 5.93. The van der Waals surface area contributed by atoms with Crippen LogP contribution in [0.2, 0.25) is 0 Å². The highest BCUT2D eigenvalue weighted by atomic mass is 16.5. The fourth-order valence-corrected chi connectivity index (χ4v) is 3.38. The molecule has 18 heavy (non-hydrogen) atoms. The molecular weight excluding hydrogens is 224 g/mol. The minimum atomic E-state index is 0.697. The summed E-state index contributed by atoms with van der Waals surface area (Å²) in [7, 11) is 0. The van der Waals surface area contributed by atoms with Crippen molar-refractivity contribution in [3.63, 3.8) is 0 Å². The Morgan fingerprint density at radius 3 is 2.67 bits per heavy atom. The minimum Gasteiger partial charge on any atom is -0.381 e. The van der Waals surface area contributed by atoms with E-state index in [0.29, 0.717) is 6.04 Å². The number of ether oxygens (including phenoxy) is 1. The van der Waals surface area contributed by atoms with Gasteiger partial charge in [-0.15, -0.1) is 0 Å². The maximum atomic E-state index is 5.56. The van der Waals surface area contributed by atoms with Crippen LogP contribution in [0.3, 0.4) is 0 Å². The van der Waals surface area contributed by atoms with Gasteiger partial charge in [0.1, 0.15) is 0 Å². The topological polar surface area (TPSA) is 24.5 Å². The maximum Gasteiger partial charge on any atom is 0.0509 e. The van der Waals surface area contributed by atoms with Gasteiger partial charge >= 0.3 is 0 Å². The van der Waals surface area contributed by atoms with Crippen LogP contribution in [0, 0.1) is 11.8 Å². The van der Waals surface area contributed by atoms with E-state index in [1.807, 2.05) is 0 Å². The summed E-state index contributed by atoms with van der Waals surface area (Å²) < 4.78 is 5.56. The van der Waals surface area contributed by atoms with Crippen LogP contribution in [0.15, 0.2) is 0 Å². The molecule has 2 aliphatic rings. The lowest BCUT2D eigenvalue weighted by Gasteiger charge is -2.36. The van der Waals surface area contributed by atoms with Gasteiger partial charge in [-0.1, -0.05) is 6.92 Å². The first-order valence-corrected chi connectivity index (χ1v) is 7.83. The van der Waals surface area contributed by atoms with Crippen LogP contribution >= 0.6 is 0 Å². The summed E-state index contributed by atoms with van der Waals surface area (Å²) in [5.41, 5.74) is 0. The average Bonchev–Trinajstić information content (AvgIpc) is 2.92. The molecule has 2 saturated heterocycles. The zero-order chi connectivity index (χ0) is 12.8. The fraction of sp³-hybridized carbons (Fsp3) is 1.00. The molecule has 2 aliphatic heterocycles. The van der Waals surface area contributed by atoms with Gasteiger partial charge in [-0.05, 0) is 64.1 Å². The first-order valence-electron chi connectivity index (χ1n) is 7.83. The summed E-state index contributed by atoms with van der Waals surface area (Å²) >= 11 is 0. The van der Waals surface area contributed by atoms with Gasteiger partial charge < -0.3 is 15.0 Å². The lowest BCUT2D eigenvalue weighted by molar-refractivity contribution is 0.106. The normalized spacial score (nSPS) is 27.8. The van der Waals surface area contributed by atoms with Gasteiger partial charge in [0.2, 0.25) is 0 Å². The molecule has 2 atom stereocenters. The largest absolute Gasteiger partial charge is 0.381 e. The summed E-state index contributed by atoms with van der Waals surface area (Å²) in [5.74, 6) is 1.67. The van der Waals surface area contributed by atoms with Crippen molar-refractivity contribution in [1.29, 1.82) is 0 Å². The van der Waals surface area contributed by atoms with Gasteiger partial charge in [-0.25, -0.2) is 0 Å². The van der Waals surface area contributed by atoms with E-state index in [2.05, 4.69) is 24.1 Å². The van der Waals surface area contributed by atoms with Gasteiger partial charge in [0, 0.05) is 19.2 Å². The van der Waals surface area contributed by atoms with E-state index < -0.39 is 0 Å². The third-order valence-corrected chi connectivity index (χ3v) is 4.69. The molecule has 2 heterocycles. The molecule has 0 saturated carbocycles. The van der Waals surface area contributed by atoms with Crippen LogP contribution in [-0.2, 0) is 4.74 Å². The number of nitrogens with one attached hydrogen (secondary N) is 1. The smallest absolute Gasteiger partial charge is 0.0509 e. The quantitative estimate of drug-likeness (QED) is 0.786. The van der Waals surface area contributed by atoms with E-state index in [9.17, 15) is 0 Å². The zero-order valence-electron chi connectivity index (χ0n) is 12.2. The highest BCUT2D eigenvalue weighted by Crippen LogP contribution is 2.23. The number of nitrogens with zero attached hydrogens (tertiary/aromatic N) is 1. The predicted molar refractivity (Wildman–Crippen MR) is 75.8 cm³/mol. The molecular formula is C15H30N2O. The fourth-order valence-electron chi connectivity index (χ4n) is 3.38. The molecule has 0 amide bonds. The minimum absolute atomic E-state index is 0.697. The molecule has 2 rings (SSSR count). The summed E-state index contributed by atoms with van der Waals surface area (Å²) in [5, 5.41) is 3.47. The first-order chi connectivity index (χ1) is 8.81. The first kappa shape index (κ1) is 14.3. The highest BCUT2D eigenvalue weighted by Gasteiger charge is 2.28. The van der Waals surface area contributed by atoms with Crippen molar-refractivity contribution in [3.8, 4) is 0 Å². The van der Waals surface area contributed by atoms with Crippen LogP contribution in [-0.4, -0.2) is 50.3 Å². The predicted octanol–water partition coefficient (Wildman–Crippen LogP) is 2.12. The van der Waals surface area contributed by atoms with Gasteiger partial charge in [0.15, 0.2) is 0 Å². The van der Waals surface area contributed by atoms with Crippen LogP contribution in [0.5, 0.6) is 0 Å². The molecule has 2 fully saturated rings. The van der Waals surface area contributed by atoms with Crippen molar-refractivity contribution in [2.45, 2.75) is 45.6 Å². The third kappa shape index (κ3) is 3.94. The maximum absolute atomic E-state index is 5.56. The number of rotatable bonds is 6. The number of piperidine rings is 1. The van der Waals surface area contributed by atoms with E-state index in [0.717, 1.165) is 25.0 Å². The second-order valence-corrected chi connectivity index (χ2v) is 6.05. The van der Waals surface area contributed by atoms with E-state index in [1.54, 1.807) is 0 Å². The second kappa shape index (κ2) is 7.46. The van der Waals surface area contributed by atoms with Gasteiger partial charge in [0.05, 0.1) is 6.61 Å². The molecule has 0 bridgehead atoms. The molecule has 0 radical (unpaired) electrons. The molecule has 0 aromatic heterocycles. The Labute approximate surface area is 112 Å². The standard InChI is InChI=1S/C15H30N2O/c1-3-9-17(11-14-4-7-16-8-5-14)13(2)15-6-10-18-12-15/h13-16H,3-12H2,1-2H3. The van der Waals surface area contributed by atoms with Gasteiger partial charge in [0.25, 0.3) is 0 Å². The molecule has 2 unspecified atom stereocenters. The van der Waals surface area contributed by atoms with Crippen LogP contribution in [0.25, 0.3) is 0 Å². The highest BCUT2D eigenvalue weighted by molar-refractivity contribution is 4.81. The Balaban J connectivity index is 1.84. The van der Waals surface area contributed by atoms with Crippen molar-refractivity contribution in [2.24, 2.45) is 11.8 Å². The number of hydrogen-bond acceptors (Lipinski definition) is 3. The molecule has 0 aromatic rings. The molecule has 0 spiro atoms. The zero-order valence-corrected chi connectivity index (χ0v) is 12.2. The summed E-state index contributed by atoms with van der Waals surface area (Å²) in [6, 6.07) is 0.697. The Bertz CT molecular complexity index is 223. The molecule has 0 aromatic carbocycles. The van der Waals surface area contributed by atoms with E-state index in [4.69, 9.17) is 4.74 Å². The van der Waals surface area contributed by atoms with E-state index in [1.165, 1.54) is 51.9 Å². The molecule has 106 valence electrons. The van der Waals surface area contributed by atoms with Crippen molar-refractivity contribution in [1.82, 2.24) is 10.2 Å². The van der Waals surface area contributed by atoms with E-state index >= 15 is 0 Å². The third-order valence-electron chi connectivity index (χ3n) is 4.69. The van der Waals surface area contributed by atoms with Crippen molar-refractivity contribution in [2.75, 3.05) is 39.4 Å². The molecule has 0 aliphatic carbocycles. The second-order valence-electron chi connectivity index (χ2n) is 6.05. The number of hydrogen-bond donors (Lipinski definition) is 1. The Hall–Kier alpha value is -0.120. The van der Waals surface area contributed by atoms with Gasteiger partial charge in [-0.2, -0.15) is 0 Å². The SMILES string of the molecule is CCCN(CC1CCNCC1)C(C)C1CCOC1. The lowest BCUT2D eigenvalue weighted by atomic mass is 9.94. The van der Waals surface area contributed by atoms with Crippen LogP contribution in [0.4, 0.5) is 0 Å². The molecule has 3 heteroatoms. The Morgan fingerprint density at radius 1 is 1.28 bits per heavy atom. The van der Waals surface area contributed by atoms with Gasteiger partial charge in [-0.3, -0.25) is 0 Å². The summed E-state index contributed by atoms with van der Waals surface area (Å²) in [4.78, 5) is 2.73. The van der Waals surface area contributed by atoms with Crippen molar-refractivity contribution in [3.05, 3.63) is 0 Å². The van der Waals surface area contributed by atoms with Crippen LogP contribution in [0.1, 0.15) is 39.5 Å². The van der Waals surface area contributed by atoms with Crippen molar-refractivity contribution < 1.29 is 4.74 Å².